The Morgan fingerprint density at radius 3 is 2.15 bits per heavy atom. The molecule has 26 heavy (non-hydrogen) atoms. The van der Waals surface area contributed by atoms with E-state index in [1.807, 2.05) is 24.3 Å². The molecule has 1 aliphatic heterocycles. The molecule has 3 rings (SSSR count). The predicted octanol–water partition coefficient (Wildman–Crippen LogP) is 5.65. The maximum Gasteiger partial charge on any atom is 0.106 e. The highest BCUT2D eigenvalue weighted by Crippen LogP contribution is 2.27. The fraction of sp³-hybridized carbons (Fsp3) is 0.435. The molecule has 2 aromatic carbocycles. The van der Waals surface area contributed by atoms with Crippen LogP contribution in [0.4, 0.5) is 0 Å². The van der Waals surface area contributed by atoms with Crippen LogP contribution in [0.3, 0.4) is 0 Å². The van der Waals surface area contributed by atoms with Crippen LogP contribution in [0.1, 0.15) is 56.3 Å². The summed E-state index contributed by atoms with van der Waals surface area (Å²) in [6.45, 7) is 3.56. The third-order valence-electron chi connectivity index (χ3n) is 4.98. The number of ether oxygens (including phenoxy) is 2. The standard InChI is InChI=1S/C23H27NO2/c1-2-3-4-5-6-22-16-26-23(17-25-22)21-13-11-20(12-14-21)19-9-7-18(15-24)8-10-19/h7-14,22-23H,2-6,16-17H2,1H3/t22-,23-/m0/s1. The van der Waals surface area contributed by atoms with Crippen LogP contribution in [-0.4, -0.2) is 19.3 Å². The van der Waals surface area contributed by atoms with Crippen LogP contribution in [0.25, 0.3) is 11.1 Å². The van der Waals surface area contributed by atoms with Gasteiger partial charge >= 0.3 is 0 Å². The van der Waals surface area contributed by atoms with Gasteiger partial charge in [0.1, 0.15) is 6.10 Å². The van der Waals surface area contributed by atoms with E-state index in [0.717, 1.165) is 23.1 Å². The third-order valence-corrected chi connectivity index (χ3v) is 4.98. The van der Waals surface area contributed by atoms with Gasteiger partial charge in [0.05, 0.1) is 31.0 Å². The molecule has 0 aliphatic carbocycles. The minimum Gasteiger partial charge on any atom is -0.373 e. The van der Waals surface area contributed by atoms with Crippen LogP contribution in [0, 0.1) is 11.3 Å². The first-order valence-corrected chi connectivity index (χ1v) is 9.64. The van der Waals surface area contributed by atoms with Gasteiger partial charge in [-0.1, -0.05) is 69.0 Å². The zero-order chi connectivity index (χ0) is 18.2. The minimum absolute atomic E-state index is 0.0249. The smallest absolute Gasteiger partial charge is 0.106 e. The quantitative estimate of drug-likeness (QED) is 0.606. The van der Waals surface area contributed by atoms with Gasteiger partial charge in [0.15, 0.2) is 0 Å². The number of benzene rings is 2. The van der Waals surface area contributed by atoms with Crippen LogP contribution < -0.4 is 0 Å². The summed E-state index contributed by atoms with van der Waals surface area (Å²) in [6.07, 6.45) is 6.47. The lowest BCUT2D eigenvalue weighted by Crippen LogP contribution is -2.31. The first-order valence-electron chi connectivity index (χ1n) is 9.64. The van der Waals surface area contributed by atoms with E-state index in [1.54, 1.807) is 0 Å². The molecule has 0 unspecified atom stereocenters. The van der Waals surface area contributed by atoms with Gasteiger partial charge in [-0.15, -0.1) is 0 Å². The van der Waals surface area contributed by atoms with Gasteiger partial charge in [0, 0.05) is 0 Å². The van der Waals surface area contributed by atoms with E-state index in [4.69, 9.17) is 14.7 Å². The number of hydrogen-bond donors (Lipinski definition) is 0. The van der Waals surface area contributed by atoms with E-state index in [1.165, 1.54) is 25.7 Å². The second-order valence-corrected chi connectivity index (χ2v) is 6.94. The van der Waals surface area contributed by atoms with Crippen LogP contribution in [-0.2, 0) is 9.47 Å². The Hall–Kier alpha value is -2.15. The summed E-state index contributed by atoms with van der Waals surface area (Å²) < 4.78 is 12.1. The number of hydrogen-bond acceptors (Lipinski definition) is 3. The molecule has 0 aromatic heterocycles. The maximum atomic E-state index is 8.89. The lowest BCUT2D eigenvalue weighted by Gasteiger charge is -2.30. The molecular formula is C23H27NO2. The summed E-state index contributed by atoms with van der Waals surface area (Å²) in [4.78, 5) is 0. The first kappa shape index (κ1) is 18.6. The summed E-state index contributed by atoms with van der Waals surface area (Å²) in [5.41, 5.74) is 4.10. The maximum absolute atomic E-state index is 8.89. The van der Waals surface area contributed by atoms with Gasteiger partial charge in [0.25, 0.3) is 0 Å². The van der Waals surface area contributed by atoms with E-state index in [0.29, 0.717) is 18.8 Å². The van der Waals surface area contributed by atoms with Gasteiger partial charge in [-0.2, -0.15) is 5.26 Å². The normalized spacial score (nSPS) is 19.8. The molecule has 3 heteroatoms. The van der Waals surface area contributed by atoms with Crippen molar-refractivity contribution in [2.24, 2.45) is 0 Å². The molecule has 0 bridgehead atoms. The molecule has 0 N–H and O–H groups in total. The van der Waals surface area contributed by atoms with E-state index < -0.39 is 0 Å². The molecule has 1 heterocycles. The Morgan fingerprint density at radius 2 is 1.58 bits per heavy atom. The van der Waals surface area contributed by atoms with Crippen molar-refractivity contribution in [2.75, 3.05) is 13.2 Å². The highest BCUT2D eigenvalue weighted by atomic mass is 16.6. The average Bonchev–Trinajstić information content (AvgIpc) is 2.72. The minimum atomic E-state index is 0.0249. The zero-order valence-electron chi connectivity index (χ0n) is 15.5. The van der Waals surface area contributed by atoms with Crippen molar-refractivity contribution in [3.63, 3.8) is 0 Å². The fourth-order valence-corrected chi connectivity index (χ4v) is 3.33. The van der Waals surface area contributed by atoms with Crippen LogP contribution in [0.5, 0.6) is 0 Å². The molecular weight excluding hydrogens is 322 g/mol. The van der Waals surface area contributed by atoms with E-state index in [2.05, 4.69) is 37.3 Å². The highest BCUT2D eigenvalue weighted by Gasteiger charge is 2.23. The van der Waals surface area contributed by atoms with E-state index >= 15 is 0 Å². The highest BCUT2D eigenvalue weighted by molar-refractivity contribution is 5.64. The summed E-state index contributed by atoms with van der Waals surface area (Å²) in [7, 11) is 0. The molecule has 0 spiro atoms. The molecule has 2 atom stereocenters. The van der Waals surface area contributed by atoms with Crippen molar-refractivity contribution in [2.45, 2.75) is 51.2 Å². The molecule has 0 radical (unpaired) electrons. The van der Waals surface area contributed by atoms with Crippen LogP contribution in [0.15, 0.2) is 48.5 Å². The lowest BCUT2D eigenvalue weighted by molar-refractivity contribution is -0.137. The summed E-state index contributed by atoms with van der Waals surface area (Å²) in [5.74, 6) is 0. The molecule has 0 amide bonds. The van der Waals surface area contributed by atoms with Gasteiger partial charge in [-0.05, 0) is 35.2 Å². The van der Waals surface area contributed by atoms with Crippen molar-refractivity contribution in [1.29, 1.82) is 5.26 Å². The number of nitriles is 1. The Kier molecular flexibility index (Phi) is 6.82. The third kappa shape index (κ3) is 4.94. The SMILES string of the molecule is CCCCCC[C@H]1CO[C@H](c2ccc(-c3ccc(C#N)cc3)cc2)CO1. The second-order valence-electron chi connectivity index (χ2n) is 6.94. The van der Waals surface area contributed by atoms with Crippen molar-refractivity contribution in [1.82, 2.24) is 0 Å². The fourth-order valence-electron chi connectivity index (χ4n) is 3.33. The Balaban J connectivity index is 1.52. The Morgan fingerprint density at radius 1 is 0.885 bits per heavy atom. The Bertz CT molecular complexity index is 707. The topological polar surface area (TPSA) is 42.2 Å². The van der Waals surface area contributed by atoms with Gasteiger partial charge in [-0.3, -0.25) is 0 Å². The Labute approximate surface area is 156 Å². The molecule has 1 fully saturated rings. The van der Waals surface area contributed by atoms with Gasteiger partial charge in [0.2, 0.25) is 0 Å². The van der Waals surface area contributed by atoms with Crippen LogP contribution in [0.2, 0.25) is 0 Å². The van der Waals surface area contributed by atoms with Crippen LogP contribution >= 0.6 is 0 Å². The second kappa shape index (κ2) is 9.52. The predicted molar refractivity (Wildman–Crippen MR) is 104 cm³/mol. The zero-order valence-corrected chi connectivity index (χ0v) is 15.5. The largest absolute Gasteiger partial charge is 0.373 e. The van der Waals surface area contributed by atoms with Gasteiger partial charge in [-0.25, -0.2) is 0 Å². The van der Waals surface area contributed by atoms with Crippen molar-refractivity contribution < 1.29 is 9.47 Å². The molecule has 1 aliphatic rings. The number of nitrogens with zero attached hydrogens (tertiary/aromatic N) is 1. The molecule has 3 nitrogen and oxygen atoms in total. The van der Waals surface area contributed by atoms with Crippen molar-refractivity contribution in [3.05, 3.63) is 59.7 Å². The number of unbranched alkanes of at least 4 members (excludes halogenated alkanes) is 3. The monoisotopic (exact) mass is 349 g/mol. The van der Waals surface area contributed by atoms with Gasteiger partial charge < -0.3 is 9.47 Å². The first-order chi connectivity index (χ1) is 12.8. The average molecular weight is 349 g/mol. The van der Waals surface area contributed by atoms with E-state index in [9.17, 15) is 0 Å². The molecule has 0 saturated carbocycles. The molecule has 1 saturated heterocycles. The summed E-state index contributed by atoms with van der Waals surface area (Å²) in [6, 6.07) is 18.3. The van der Waals surface area contributed by atoms with Crippen molar-refractivity contribution >= 4 is 0 Å². The molecule has 2 aromatic rings. The summed E-state index contributed by atoms with van der Waals surface area (Å²) >= 11 is 0. The van der Waals surface area contributed by atoms with E-state index in [-0.39, 0.29) is 12.2 Å². The summed E-state index contributed by atoms with van der Waals surface area (Å²) in [5, 5.41) is 8.89. The number of rotatable bonds is 7. The lowest BCUT2D eigenvalue weighted by atomic mass is 10.0. The molecule has 136 valence electrons. The van der Waals surface area contributed by atoms with Crippen molar-refractivity contribution in [3.8, 4) is 17.2 Å².